The monoisotopic (exact) mass is 690 g/mol. The Morgan fingerprint density at radius 3 is 2.30 bits per heavy atom. The molecule has 3 atom stereocenters. The number of thiazole rings is 1. The van der Waals surface area contributed by atoms with Crippen molar-refractivity contribution in [3.05, 3.63) is 98.5 Å². The lowest BCUT2D eigenvalue weighted by Gasteiger charge is -2.29. The molecule has 2 aliphatic heterocycles. The molecule has 17 heteroatoms. The minimum absolute atomic E-state index is 0.119. The predicted octanol–water partition coefficient (Wildman–Crippen LogP) is 3.92. The van der Waals surface area contributed by atoms with Crippen molar-refractivity contribution in [2.24, 2.45) is 11.1 Å². The number of halogens is 3. The topological polar surface area (TPSA) is 169 Å². The second kappa shape index (κ2) is 11.7. The fourth-order valence-electron chi connectivity index (χ4n) is 5.37. The van der Waals surface area contributed by atoms with Gasteiger partial charge in [0.15, 0.2) is 6.61 Å². The number of alkyl halides is 3. The number of anilines is 2. The molecule has 238 valence electrons. The maximum absolute atomic E-state index is 13.8. The second-order valence-corrected chi connectivity index (χ2v) is 14.0. The van der Waals surface area contributed by atoms with Crippen LogP contribution in [0.25, 0.3) is 0 Å². The van der Waals surface area contributed by atoms with Crippen molar-refractivity contribution in [2.45, 2.75) is 27.3 Å². The third kappa shape index (κ3) is 5.93. The Labute approximate surface area is 266 Å². The van der Waals surface area contributed by atoms with Gasteiger partial charge in [0.1, 0.15) is 11.0 Å². The maximum atomic E-state index is 13.8. The van der Waals surface area contributed by atoms with E-state index in [-0.39, 0.29) is 10.6 Å². The quantitative estimate of drug-likeness (QED) is 0.245. The van der Waals surface area contributed by atoms with Crippen molar-refractivity contribution in [3.63, 3.8) is 0 Å². The number of rotatable bonds is 7. The van der Waals surface area contributed by atoms with E-state index in [1.54, 1.807) is 12.1 Å². The van der Waals surface area contributed by atoms with E-state index in [1.807, 2.05) is 0 Å². The van der Waals surface area contributed by atoms with Gasteiger partial charge in [-0.1, -0.05) is 47.4 Å². The number of carbonyl (C=O) groups excluding carboxylic acids is 3. The third-order valence-corrected chi connectivity index (χ3v) is 10.7. The number of para-hydroxylation sites is 1. The van der Waals surface area contributed by atoms with Gasteiger partial charge in [0.2, 0.25) is 21.8 Å². The van der Waals surface area contributed by atoms with Crippen molar-refractivity contribution >= 4 is 62.2 Å². The van der Waals surface area contributed by atoms with Crippen LogP contribution in [0.1, 0.15) is 21.9 Å². The van der Waals surface area contributed by atoms with Gasteiger partial charge >= 0.3 is 11.0 Å². The molecule has 3 aromatic carbocycles. The van der Waals surface area contributed by atoms with Crippen molar-refractivity contribution in [3.8, 4) is 5.75 Å². The van der Waals surface area contributed by atoms with Crippen LogP contribution in [0.3, 0.4) is 0 Å². The largest absolute Gasteiger partial charge is 0.484 e. The van der Waals surface area contributed by atoms with Crippen LogP contribution in [-0.4, -0.2) is 43.0 Å². The second-order valence-electron chi connectivity index (χ2n) is 10.3. The first kappa shape index (κ1) is 31.5. The summed E-state index contributed by atoms with van der Waals surface area (Å²) in [4.78, 5) is 55.3. The Kier molecular flexibility index (Phi) is 8.04. The van der Waals surface area contributed by atoms with E-state index in [2.05, 4.69) is 10.3 Å². The summed E-state index contributed by atoms with van der Waals surface area (Å²) in [5, 5.41) is 6.90. The smallest absolute Gasteiger partial charge is 0.418 e. The van der Waals surface area contributed by atoms with E-state index < -0.39 is 73.7 Å². The lowest BCUT2D eigenvalue weighted by molar-refractivity contribution is -0.137. The summed E-state index contributed by atoms with van der Waals surface area (Å²) < 4.78 is 69.9. The molecule has 0 unspecified atom stereocenters. The van der Waals surface area contributed by atoms with Gasteiger partial charge in [-0.2, -0.15) is 13.2 Å². The highest BCUT2D eigenvalue weighted by Gasteiger charge is 2.57. The Bertz CT molecular complexity index is 2030. The molecule has 2 aliphatic rings. The molecule has 1 aromatic heterocycles. The Morgan fingerprint density at radius 2 is 1.65 bits per heavy atom. The number of aromatic nitrogens is 1. The summed E-state index contributed by atoms with van der Waals surface area (Å²) in [6.45, 7) is -0.412. The van der Waals surface area contributed by atoms with Gasteiger partial charge in [0.25, 0.3) is 5.91 Å². The highest BCUT2D eigenvalue weighted by atomic mass is 32.2. The number of thioether (sulfide) groups is 1. The lowest BCUT2D eigenvalue weighted by atomic mass is 9.83. The molecule has 0 saturated carbocycles. The molecule has 4 N–H and O–H groups in total. The zero-order chi connectivity index (χ0) is 33.0. The normalized spacial score (nSPS) is 19.5. The molecule has 0 radical (unpaired) electrons. The molecular weight excluding hydrogens is 670 g/mol. The van der Waals surface area contributed by atoms with Crippen LogP contribution in [0.2, 0.25) is 0 Å². The van der Waals surface area contributed by atoms with E-state index in [0.29, 0.717) is 26.1 Å². The zero-order valence-corrected chi connectivity index (χ0v) is 25.6. The zero-order valence-electron chi connectivity index (χ0n) is 23.1. The number of hydrogen-bond acceptors (Lipinski definition) is 9. The van der Waals surface area contributed by atoms with Gasteiger partial charge in [-0.25, -0.2) is 18.5 Å². The van der Waals surface area contributed by atoms with Crippen molar-refractivity contribution in [1.29, 1.82) is 0 Å². The van der Waals surface area contributed by atoms with Crippen LogP contribution >= 0.6 is 23.1 Å². The number of fused-ring (bicyclic) bond motifs is 2. The Balaban J connectivity index is 1.23. The SMILES string of the molecule is NS(=O)(=O)c1ccc(NC(=O)COc2ccc([C@@H]3c4sc(=O)[nH]c4S[C@H]4C(=O)N(c5ccccc5C(F)(F)F)C(=O)[C@@H]34)cc2)cc1. The fraction of sp³-hybridized carbons (Fsp3) is 0.172. The number of aromatic amines is 1. The van der Waals surface area contributed by atoms with Gasteiger partial charge < -0.3 is 15.0 Å². The number of sulfonamides is 1. The summed E-state index contributed by atoms with van der Waals surface area (Å²) in [5.74, 6) is -3.84. The molecule has 3 amide bonds. The summed E-state index contributed by atoms with van der Waals surface area (Å²) in [7, 11) is -3.89. The third-order valence-electron chi connectivity index (χ3n) is 7.35. The van der Waals surface area contributed by atoms with Crippen molar-refractivity contribution < 1.29 is 40.7 Å². The van der Waals surface area contributed by atoms with Gasteiger partial charge in [-0.3, -0.25) is 19.2 Å². The number of imide groups is 1. The minimum Gasteiger partial charge on any atom is -0.484 e. The number of ether oxygens (including phenoxy) is 1. The molecule has 0 aliphatic carbocycles. The molecule has 6 rings (SSSR count). The molecule has 3 heterocycles. The number of benzene rings is 3. The van der Waals surface area contributed by atoms with Crippen molar-refractivity contribution in [2.75, 3.05) is 16.8 Å². The average molecular weight is 691 g/mol. The number of amides is 3. The van der Waals surface area contributed by atoms with Crippen LogP contribution < -0.4 is 25.0 Å². The number of carbonyl (C=O) groups is 3. The van der Waals surface area contributed by atoms with Gasteiger partial charge in [-0.05, 0) is 54.1 Å². The van der Waals surface area contributed by atoms with Crippen LogP contribution in [-0.2, 0) is 30.6 Å². The lowest BCUT2D eigenvalue weighted by Crippen LogP contribution is -2.33. The number of nitrogens with two attached hydrogens (primary N) is 1. The van der Waals surface area contributed by atoms with E-state index in [1.165, 1.54) is 48.5 Å². The van der Waals surface area contributed by atoms with Crippen LogP contribution in [0.4, 0.5) is 24.5 Å². The van der Waals surface area contributed by atoms with Gasteiger partial charge in [-0.15, -0.1) is 0 Å². The number of primary sulfonamides is 1. The molecule has 4 aromatic rings. The first-order chi connectivity index (χ1) is 21.7. The number of nitrogens with one attached hydrogen (secondary N) is 2. The number of hydrogen-bond donors (Lipinski definition) is 3. The summed E-state index contributed by atoms with van der Waals surface area (Å²) in [6, 6.07) is 15.8. The fourth-order valence-corrected chi connectivity index (χ4v) is 8.40. The van der Waals surface area contributed by atoms with E-state index >= 15 is 0 Å². The Hall–Kier alpha value is -4.45. The standard InChI is InChI=1S/C29H21F3N4O7S3/c30-29(31,32)18-3-1-2-4-19(18)36-26(38)22-21(23-25(35-28(40)45-23)44-24(22)27(36)39)14-5-9-16(10-6-14)43-13-20(37)34-15-7-11-17(12-8-15)46(33,41)42/h1-12,21-22,24H,13H2,(H,34,37)(H,35,40)(H2,33,41,42)/t21-,22-,24+/m0/s1. The highest BCUT2D eigenvalue weighted by molar-refractivity contribution is 8.00. The molecule has 46 heavy (non-hydrogen) atoms. The minimum atomic E-state index is -4.81. The first-order valence-electron chi connectivity index (χ1n) is 13.3. The summed E-state index contributed by atoms with van der Waals surface area (Å²) in [6.07, 6.45) is -4.81. The molecule has 0 bridgehead atoms. The van der Waals surface area contributed by atoms with Crippen molar-refractivity contribution in [1.82, 2.24) is 4.98 Å². The summed E-state index contributed by atoms with van der Waals surface area (Å²) in [5.41, 5.74) is -0.861. The average Bonchev–Trinajstić information content (AvgIpc) is 3.49. The first-order valence-corrected chi connectivity index (χ1v) is 16.6. The molecule has 11 nitrogen and oxygen atoms in total. The Morgan fingerprint density at radius 1 is 0.978 bits per heavy atom. The van der Waals surface area contributed by atoms with Gasteiger partial charge in [0, 0.05) is 16.5 Å². The van der Waals surface area contributed by atoms with E-state index in [0.717, 1.165) is 35.2 Å². The van der Waals surface area contributed by atoms with E-state index in [4.69, 9.17) is 9.88 Å². The molecular formula is C29H21F3N4O7S3. The number of H-pyrrole nitrogens is 1. The molecule has 1 fully saturated rings. The highest BCUT2D eigenvalue weighted by Crippen LogP contribution is 2.54. The molecule has 0 spiro atoms. The van der Waals surface area contributed by atoms with E-state index in [9.17, 15) is 40.8 Å². The molecule has 1 saturated heterocycles. The maximum Gasteiger partial charge on any atom is 0.418 e. The van der Waals surface area contributed by atoms with Crippen LogP contribution in [0.5, 0.6) is 5.75 Å². The predicted molar refractivity (Wildman–Crippen MR) is 162 cm³/mol. The number of nitrogens with zero attached hydrogens (tertiary/aromatic N) is 1. The van der Waals surface area contributed by atoms with Crippen LogP contribution in [0.15, 0.2) is 87.5 Å². The van der Waals surface area contributed by atoms with Gasteiger partial charge in [0.05, 0.1) is 27.1 Å². The summed E-state index contributed by atoms with van der Waals surface area (Å²) >= 11 is 1.80. The van der Waals surface area contributed by atoms with Crippen LogP contribution in [0, 0.1) is 5.92 Å².